The van der Waals surface area contributed by atoms with Gasteiger partial charge in [0, 0.05) is 12.1 Å². The third-order valence-corrected chi connectivity index (χ3v) is 3.36. The van der Waals surface area contributed by atoms with Crippen LogP contribution in [0.1, 0.15) is 6.92 Å². The number of non-ortho nitro benzene ring substituents is 1. The second-order valence-electron chi connectivity index (χ2n) is 4.23. The average Bonchev–Trinajstić information content (AvgIpc) is 2.36. The monoisotopic (exact) mass is 321 g/mol. The van der Waals surface area contributed by atoms with Crippen molar-refractivity contribution in [2.75, 3.05) is 13.7 Å². The first kappa shape index (κ1) is 16.5. The highest BCUT2D eigenvalue weighted by Gasteiger charge is 2.31. The summed E-state index contributed by atoms with van der Waals surface area (Å²) in [5.74, 6) is -0.559. The van der Waals surface area contributed by atoms with Crippen LogP contribution in [0.3, 0.4) is 0 Å². The molecule has 0 aliphatic carbocycles. The molecule has 9 heteroatoms. The van der Waals surface area contributed by atoms with E-state index in [0.29, 0.717) is 0 Å². The predicted molar refractivity (Wildman–Crippen MR) is 75.3 cm³/mol. The molecule has 110 valence electrons. The molecule has 1 rings (SSSR count). The Labute approximate surface area is 125 Å². The number of nitrogens with two attached hydrogens (primary N) is 1. The van der Waals surface area contributed by atoms with Crippen molar-refractivity contribution in [3.05, 3.63) is 32.3 Å². The maximum atomic E-state index is 11.3. The molecule has 0 aliphatic heterocycles. The van der Waals surface area contributed by atoms with Gasteiger partial charge in [-0.15, -0.1) is 0 Å². The number of primary amides is 1. The fraction of sp³-hybridized carbons (Fsp3) is 0.364. The molecule has 1 amide bonds. The summed E-state index contributed by atoms with van der Waals surface area (Å²) in [5.41, 5.74) is 3.88. The Bertz CT molecular complexity index is 529. The topological polar surface area (TPSA) is 107 Å². The van der Waals surface area contributed by atoms with Crippen molar-refractivity contribution in [3.8, 4) is 5.75 Å². The van der Waals surface area contributed by atoms with Crippen molar-refractivity contribution >= 4 is 34.8 Å². The number of hydrogen-bond acceptors (Lipinski definition) is 5. The molecule has 3 N–H and O–H groups in total. The van der Waals surface area contributed by atoms with Crippen LogP contribution in [0.4, 0.5) is 5.69 Å². The Morgan fingerprint density at radius 2 is 2.00 bits per heavy atom. The largest absolute Gasteiger partial charge is 0.488 e. The van der Waals surface area contributed by atoms with Crippen molar-refractivity contribution < 1.29 is 14.5 Å². The van der Waals surface area contributed by atoms with Crippen molar-refractivity contribution in [1.29, 1.82) is 0 Å². The van der Waals surface area contributed by atoms with Crippen LogP contribution in [0.25, 0.3) is 0 Å². The lowest BCUT2D eigenvalue weighted by Gasteiger charge is -2.25. The third-order valence-electron chi connectivity index (χ3n) is 2.79. The van der Waals surface area contributed by atoms with E-state index in [1.807, 2.05) is 0 Å². The Kier molecular flexibility index (Phi) is 5.15. The Morgan fingerprint density at radius 1 is 1.50 bits per heavy atom. The summed E-state index contributed by atoms with van der Waals surface area (Å²) in [5, 5.41) is 13.3. The molecule has 1 aromatic carbocycles. The molecule has 0 heterocycles. The van der Waals surface area contributed by atoms with Crippen molar-refractivity contribution in [2.24, 2.45) is 5.73 Å². The number of nitrogens with one attached hydrogen (secondary N) is 1. The molecule has 0 saturated carbocycles. The fourth-order valence-electron chi connectivity index (χ4n) is 1.27. The predicted octanol–water partition coefficient (Wildman–Crippen LogP) is 1.74. The first-order valence-electron chi connectivity index (χ1n) is 5.46. The zero-order valence-corrected chi connectivity index (χ0v) is 12.3. The maximum Gasteiger partial charge on any atom is 0.272 e. The summed E-state index contributed by atoms with van der Waals surface area (Å²) in [7, 11) is 1.55. The average molecular weight is 322 g/mol. The van der Waals surface area contributed by atoms with Gasteiger partial charge in [-0.05, 0) is 14.0 Å². The molecule has 0 aliphatic rings. The van der Waals surface area contributed by atoms with Gasteiger partial charge in [-0.2, -0.15) is 0 Å². The highest BCUT2D eigenvalue weighted by Crippen LogP contribution is 2.37. The second kappa shape index (κ2) is 6.25. The smallest absolute Gasteiger partial charge is 0.272 e. The van der Waals surface area contributed by atoms with E-state index in [1.165, 1.54) is 0 Å². The van der Waals surface area contributed by atoms with Gasteiger partial charge in [0.05, 0.1) is 15.0 Å². The van der Waals surface area contributed by atoms with E-state index in [-0.39, 0.29) is 28.1 Å². The maximum absolute atomic E-state index is 11.3. The van der Waals surface area contributed by atoms with Crippen molar-refractivity contribution in [3.63, 3.8) is 0 Å². The van der Waals surface area contributed by atoms with E-state index in [1.54, 1.807) is 14.0 Å². The van der Waals surface area contributed by atoms with Gasteiger partial charge in [-0.3, -0.25) is 14.9 Å². The number of halogens is 2. The fourth-order valence-corrected chi connectivity index (χ4v) is 1.86. The number of nitro benzene ring substituents is 1. The minimum absolute atomic E-state index is 0.0212. The van der Waals surface area contributed by atoms with Crippen molar-refractivity contribution in [2.45, 2.75) is 12.5 Å². The third kappa shape index (κ3) is 3.50. The zero-order chi connectivity index (χ0) is 15.5. The molecular weight excluding hydrogens is 309 g/mol. The van der Waals surface area contributed by atoms with Crippen LogP contribution in [-0.2, 0) is 4.79 Å². The van der Waals surface area contributed by atoms with Gasteiger partial charge in [0.2, 0.25) is 5.91 Å². The second-order valence-corrected chi connectivity index (χ2v) is 5.05. The van der Waals surface area contributed by atoms with Crippen molar-refractivity contribution in [1.82, 2.24) is 5.32 Å². The van der Waals surface area contributed by atoms with Gasteiger partial charge in [-0.25, -0.2) is 0 Å². The number of rotatable bonds is 6. The van der Waals surface area contributed by atoms with Gasteiger partial charge in [0.25, 0.3) is 5.69 Å². The molecule has 1 atom stereocenters. The lowest BCUT2D eigenvalue weighted by molar-refractivity contribution is -0.384. The first-order valence-corrected chi connectivity index (χ1v) is 6.22. The van der Waals surface area contributed by atoms with E-state index in [4.69, 9.17) is 33.7 Å². The minimum Gasteiger partial charge on any atom is -0.488 e. The van der Waals surface area contributed by atoms with Crippen LogP contribution in [0, 0.1) is 10.1 Å². The van der Waals surface area contributed by atoms with Crippen LogP contribution in [0.5, 0.6) is 5.75 Å². The molecule has 0 radical (unpaired) electrons. The molecular formula is C11H13Cl2N3O4. The number of nitrogens with zero attached hydrogens (tertiary/aromatic N) is 1. The summed E-state index contributed by atoms with van der Waals surface area (Å²) in [4.78, 5) is 21.3. The van der Waals surface area contributed by atoms with E-state index in [0.717, 1.165) is 12.1 Å². The normalized spacial score (nSPS) is 13.6. The highest BCUT2D eigenvalue weighted by molar-refractivity contribution is 6.37. The SMILES string of the molecule is CNC(C)(COc1c(Cl)cc([N+](=O)[O-])cc1Cl)C(N)=O. The highest BCUT2D eigenvalue weighted by atomic mass is 35.5. The number of carbonyl (C=O) groups is 1. The molecule has 0 fully saturated rings. The van der Waals surface area contributed by atoms with E-state index in [9.17, 15) is 14.9 Å². The minimum atomic E-state index is -1.12. The van der Waals surface area contributed by atoms with Crippen LogP contribution in [0.15, 0.2) is 12.1 Å². The van der Waals surface area contributed by atoms with Crippen LogP contribution >= 0.6 is 23.2 Å². The van der Waals surface area contributed by atoms with Gasteiger partial charge in [-0.1, -0.05) is 23.2 Å². The number of benzene rings is 1. The van der Waals surface area contributed by atoms with Gasteiger partial charge in [0.15, 0.2) is 5.75 Å². The van der Waals surface area contributed by atoms with Crippen LogP contribution < -0.4 is 15.8 Å². The van der Waals surface area contributed by atoms with Gasteiger partial charge >= 0.3 is 0 Å². The molecule has 7 nitrogen and oxygen atoms in total. The Morgan fingerprint density at radius 3 is 2.35 bits per heavy atom. The summed E-state index contributed by atoms with van der Waals surface area (Å²) in [6.07, 6.45) is 0. The standard InChI is InChI=1S/C11H13Cl2N3O4/c1-11(15-2,10(14)17)5-20-9-7(12)3-6(16(18)19)4-8(9)13/h3-4,15H,5H2,1-2H3,(H2,14,17). The van der Waals surface area contributed by atoms with Crippen LogP contribution in [0.2, 0.25) is 10.0 Å². The van der Waals surface area contributed by atoms with Gasteiger partial charge in [0.1, 0.15) is 12.1 Å². The number of carbonyl (C=O) groups excluding carboxylic acids is 1. The molecule has 0 aromatic heterocycles. The lowest BCUT2D eigenvalue weighted by atomic mass is 10.0. The number of nitro groups is 1. The number of amides is 1. The first-order chi connectivity index (χ1) is 9.21. The Balaban J connectivity index is 3.00. The summed E-state index contributed by atoms with van der Waals surface area (Å²) in [6.45, 7) is 1.42. The summed E-state index contributed by atoms with van der Waals surface area (Å²) < 4.78 is 5.37. The number of likely N-dealkylation sites (N-methyl/N-ethyl adjacent to an activating group) is 1. The molecule has 0 saturated heterocycles. The molecule has 20 heavy (non-hydrogen) atoms. The summed E-state index contributed by atoms with van der Waals surface area (Å²) >= 11 is 11.8. The summed E-state index contributed by atoms with van der Waals surface area (Å²) in [6, 6.07) is 2.23. The number of ether oxygens (including phenoxy) is 1. The molecule has 0 bridgehead atoms. The molecule has 1 unspecified atom stereocenters. The Hall–Kier alpha value is -1.57. The molecule has 0 spiro atoms. The quantitative estimate of drug-likeness (QED) is 0.613. The lowest BCUT2D eigenvalue weighted by Crippen LogP contribution is -2.55. The van der Waals surface area contributed by atoms with E-state index in [2.05, 4.69) is 5.32 Å². The van der Waals surface area contributed by atoms with E-state index >= 15 is 0 Å². The zero-order valence-electron chi connectivity index (χ0n) is 10.8. The van der Waals surface area contributed by atoms with E-state index < -0.39 is 16.4 Å². The van der Waals surface area contributed by atoms with Crippen LogP contribution in [-0.4, -0.2) is 30.0 Å². The van der Waals surface area contributed by atoms with Gasteiger partial charge < -0.3 is 15.8 Å². The number of hydrogen-bond donors (Lipinski definition) is 2. The molecule has 1 aromatic rings.